The number of ether oxygens (including phenoxy) is 3. The highest BCUT2D eigenvalue weighted by Crippen LogP contribution is 2.39. The van der Waals surface area contributed by atoms with Crippen LogP contribution >= 0.6 is 12.2 Å². The minimum absolute atomic E-state index is 0.0154. The van der Waals surface area contributed by atoms with E-state index in [9.17, 15) is 14.4 Å². The summed E-state index contributed by atoms with van der Waals surface area (Å²) < 4.78 is 27.0. The molecule has 3 rings (SSSR count). The van der Waals surface area contributed by atoms with Crippen LogP contribution in [0.1, 0.15) is 33.9 Å². The van der Waals surface area contributed by atoms with E-state index in [1.807, 2.05) is 0 Å². The van der Waals surface area contributed by atoms with Gasteiger partial charge >= 0.3 is 11.7 Å². The Kier molecular flexibility index (Phi) is 8.49. The lowest BCUT2D eigenvalue weighted by Gasteiger charge is -2.37. The number of hydrogen-bond donors (Lipinski definition) is 1. The van der Waals surface area contributed by atoms with Crippen LogP contribution in [0.2, 0.25) is 18.1 Å². The highest BCUT2D eigenvalue weighted by molar-refractivity contribution is 7.80. The monoisotopic (exact) mass is 536 g/mol. The fraction of sp³-hybridized carbons (Fsp3) is 0.522. The number of aromatic amines is 1. The molecule has 2 aromatic heterocycles. The van der Waals surface area contributed by atoms with Gasteiger partial charge in [0.1, 0.15) is 12.4 Å². The summed E-state index contributed by atoms with van der Waals surface area (Å²) in [4.78, 5) is 43.0. The molecule has 0 bridgehead atoms. The van der Waals surface area contributed by atoms with Gasteiger partial charge in [0.2, 0.25) is 0 Å². The number of carbonyl (C=O) groups is 1. The lowest BCUT2D eigenvalue weighted by molar-refractivity contribution is -0.149. The Morgan fingerprint density at radius 2 is 1.97 bits per heavy atom. The Morgan fingerprint density at radius 3 is 2.56 bits per heavy atom. The highest BCUT2D eigenvalue weighted by Gasteiger charge is 2.51. The number of esters is 1. The van der Waals surface area contributed by atoms with E-state index in [0.29, 0.717) is 0 Å². The molecule has 0 aromatic carbocycles. The molecule has 0 spiro atoms. The maximum atomic E-state index is 12.7. The molecule has 1 aliphatic rings. The fourth-order valence-corrected chi connectivity index (χ4v) is 4.56. The lowest BCUT2D eigenvalue weighted by atomic mass is 10.1. The van der Waals surface area contributed by atoms with Crippen molar-refractivity contribution in [2.75, 3.05) is 6.61 Å². The number of thiocarbonyl (C=S) groups is 1. The van der Waals surface area contributed by atoms with Gasteiger partial charge < -0.3 is 18.6 Å². The van der Waals surface area contributed by atoms with Gasteiger partial charge in [0, 0.05) is 30.7 Å². The van der Waals surface area contributed by atoms with E-state index < -0.39 is 50.1 Å². The summed E-state index contributed by atoms with van der Waals surface area (Å²) in [5.74, 6) is -0.611. The zero-order valence-electron chi connectivity index (χ0n) is 21.2. The molecular formula is C23H32N4O7SSi. The number of nitrogens with zero attached hydrogens (tertiary/aromatic N) is 3. The van der Waals surface area contributed by atoms with E-state index in [-0.39, 0.29) is 16.8 Å². The third kappa shape index (κ3) is 6.27. The molecule has 2 aromatic rings. The van der Waals surface area contributed by atoms with Crippen LogP contribution in [0.4, 0.5) is 0 Å². The Labute approximate surface area is 215 Å². The second-order valence-corrected chi connectivity index (χ2v) is 15.0. The molecule has 1 fully saturated rings. The predicted octanol–water partition coefficient (Wildman–Crippen LogP) is 2.36. The Hall–Kier alpha value is -2.87. The predicted molar refractivity (Wildman–Crippen MR) is 138 cm³/mol. The molecule has 1 aliphatic heterocycles. The fourth-order valence-electron chi connectivity index (χ4n) is 3.32. The van der Waals surface area contributed by atoms with E-state index in [2.05, 4.69) is 43.8 Å². The van der Waals surface area contributed by atoms with Gasteiger partial charge in [0.05, 0.1) is 6.61 Å². The topological polar surface area (TPSA) is 127 Å². The molecule has 0 amide bonds. The normalized spacial score (nSPS) is 22.6. The molecule has 0 saturated carbocycles. The van der Waals surface area contributed by atoms with Crippen molar-refractivity contribution >= 4 is 31.7 Å². The first-order valence-corrected chi connectivity index (χ1v) is 14.8. The zero-order chi connectivity index (χ0) is 26.7. The summed E-state index contributed by atoms with van der Waals surface area (Å²) in [5, 5.41) is -0.0572. The molecule has 1 N–H and O–H groups in total. The van der Waals surface area contributed by atoms with E-state index in [0.717, 1.165) is 0 Å². The summed E-state index contributed by atoms with van der Waals surface area (Å²) in [5.41, 5.74) is -1.27. The van der Waals surface area contributed by atoms with Crippen LogP contribution in [0.25, 0.3) is 0 Å². The van der Waals surface area contributed by atoms with Crippen LogP contribution in [0.15, 0.2) is 52.7 Å². The maximum Gasteiger partial charge on any atom is 0.330 e. The molecule has 0 aliphatic carbocycles. The SMILES string of the molecule is C/C=C/C(=O)O[C@H]1[C@@H](OC(=S)n2ccnc2)[C@H](n2ccc(=O)[nH]c2=O)O[C@@H]1CO[Si](C)(C)C(C)(C)C. The molecule has 13 heteroatoms. The van der Waals surface area contributed by atoms with Gasteiger partial charge in [-0.2, -0.15) is 0 Å². The quantitative estimate of drug-likeness (QED) is 0.246. The van der Waals surface area contributed by atoms with Gasteiger partial charge in [-0.1, -0.05) is 26.8 Å². The number of carbonyl (C=O) groups excluding carboxylic acids is 1. The second-order valence-electron chi connectivity index (χ2n) is 9.87. The first-order valence-electron chi connectivity index (χ1n) is 11.5. The zero-order valence-corrected chi connectivity index (χ0v) is 23.0. The van der Waals surface area contributed by atoms with Gasteiger partial charge in [-0.3, -0.25) is 18.9 Å². The number of aromatic nitrogens is 4. The molecular weight excluding hydrogens is 504 g/mol. The summed E-state index contributed by atoms with van der Waals surface area (Å²) in [6.45, 7) is 12.3. The van der Waals surface area contributed by atoms with Gasteiger partial charge in [-0.15, -0.1) is 0 Å². The molecule has 36 heavy (non-hydrogen) atoms. The van der Waals surface area contributed by atoms with E-state index in [4.69, 9.17) is 30.9 Å². The molecule has 4 atom stereocenters. The van der Waals surface area contributed by atoms with Crippen molar-refractivity contribution in [3.05, 3.63) is 64.0 Å². The van der Waals surface area contributed by atoms with Crippen LogP contribution in [0.5, 0.6) is 0 Å². The Bertz CT molecular complexity index is 1220. The van der Waals surface area contributed by atoms with Crippen molar-refractivity contribution in [3.63, 3.8) is 0 Å². The molecule has 0 unspecified atom stereocenters. The average Bonchev–Trinajstić information content (AvgIpc) is 3.42. The van der Waals surface area contributed by atoms with Crippen molar-refractivity contribution < 1.29 is 23.4 Å². The maximum absolute atomic E-state index is 12.7. The Balaban J connectivity index is 2.01. The first-order chi connectivity index (χ1) is 16.8. The van der Waals surface area contributed by atoms with Crippen molar-refractivity contribution in [2.24, 2.45) is 0 Å². The third-order valence-corrected chi connectivity index (χ3v) is 11.1. The summed E-state index contributed by atoms with van der Waals surface area (Å²) in [6.07, 6.45) is 4.82. The largest absolute Gasteiger partial charge is 0.458 e. The molecule has 0 radical (unpaired) electrons. The summed E-state index contributed by atoms with van der Waals surface area (Å²) >= 11 is 5.42. The second kappa shape index (κ2) is 11.0. The number of hydrogen-bond acceptors (Lipinski definition) is 9. The first kappa shape index (κ1) is 27.7. The standard InChI is InChI=1S/C23H32N4O7SSi/c1-7-8-17(29)33-18-15(13-31-36(5,6)23(2,3)4)32-20(27-11-9-16(28)25-21(27)30)19(18)34-22(35)26-12-10-24-14-26/h7-12,14-15,18-20H,13H2,1-6H3,(H,25,28,30)/b8-7+/t15-,18-,19-,20-/m1/s1. The highest BCUT2D eigenvalue weighted by atomic mass is 32.1. The van der Waals surface area contributed by atoms with Crippen LogP contribution < -0.4 is 11.2 Å². The van der Waals surface area contributed by atoms with Crippen molar-refractivity contribution in [2.45, 2.75) is 70.4 Å². The smallest absolute Gasteiger partial charge is 0.330 e. The van der Waals surface area contributed by atoms with E-state index >= 15 is 0 Å². The number of nitrogens with one attached hydrogen (secondary N) is 1. The van der Waals surface area contributed by atoms with Crippen LogP contribution in [-0.2, 0) is 23.4 Å². The van der Waals surface area contributed by atoms with Crippen LogP contribution in [0, 0.1) is 0 Å². The summed E-state index contributed by atoms with van der Waals surface area (Å²) in [7, 11) is -2.20. The van der Waals surface area contributed by atoms with Gasteiger partial charge in [-0.25, -0.2) is 14.6 Å². The van der Waals surface area contributed by atoms with Crippen LogP contribution in [-0.4, -0.2) is 63.5 Å². The average molecular weight is 537 g/mol. The summed E-state index contributed by atoms with van der Waals surface area (Å²) in [6, 6.07) is 1.19. The number of rotatable bonds is 7. The van der Waals surface area contributed by atoms with Crippen molar-refractivity contribution in [3.8, 4) is 0 Å². The lowest BCUT2D eigenvalue weighted by Crippen LogP contribution is -2.46. The Morgan fingerprint density at radius 1 is 1.25 bits per heavy atom. The number of allylic oxidation sites excluding steroid dienone is 1. The minimum atomic E-state index is -2.20. The van der Waals surface area contributed by atoms with Crippen molar-refractivity contribution in [1.82, 2.24) is 19.1 Å². The van der Waals surface area contributed by atoms with Crippen LogP contribution in [0.3, 0.4) is 0 Å². The molecule has 11 nitrogen and oxygen atoms in total. The number of imidazole rings is 1. The molecule has 1 saturated heterocycles. The minimum Gasteiger partial charge on any atom is -0.458 e. The number of H-pyrrole nitrogens is 1. The van der Waals surface area contributed by atoms with Gasteiger partial charge in [0.25, 0.3) is 10.7 Å². The molecule has 196 valence electrons. The molecule has 3 heterocycles. The van der Waals surface area contributed by atoms with Gasteiger partial charge in [0.15, 0.2) is 26.8 Å². The van der Waals surface area contributed by atoms with E-state index in [1.54, 1.807) is 19.2 Å². The van der Waals surface area contributed by atoms with E-state index in [1.165, 1.54) is 40.0 Å². The van der Waals surface area contributed by atoms with Gasteiger partial charge in [-0.05, 0) is 37.3 Å². The third-order valence-electron chi connectivity index (χ3n) is 6.33. The van der Waals surface area contributed by atoms with Crippen molar-refractivity contribution in [1.29, 1.82) is 0 Å².